The predicted octanol–water partition coefficient (Wildman–Crippen LogP) is 2.41. The van der Waals surface area contributed by atoms with Gasteiger partial charge in [0.25, 0.3) is 0 Å². The van der Waals surface area contributed by atoms with Crippen molar-refractivity contribution in [2.75, 3.05) is 40.5 Å². The monoisotopic (exact) mass is 325 g/mol. The first kappa shape index (κ1) is 19.4. The van der Waals surface area contributed by atoms with Gasteiger partial charge in [0.15, 0.2) is 5.96 Å². The summed E-state index contributed by atoms with van der Waals surface area (Å²) < 4.78 is 23.9. The van der Waals surface area contributed by atoms with E-state index in [4.69, 9.17) is 9.47 Å². The molecule has 23 heavy (non-hydrogen) atoms. The first-order chi connectivity index (χ1) is 11.1. The van der Waals surface area contributed by atoms with Crippen LogP contribution in [0.4, 0.5) is 4.39 Å². The van der Waals surface area contributed by atoms with Crippen molar-refractivity contribution in [3.63, 3.8) is 0 Å². The quantitative estimate of drug-likeness (QED) is 0.416. The van der Waals surface area contributed by atoms with Gasteiger partial charge in [-0.05, 0) is 37.5 Å². The highest BCUT2D eigenvalue weighted by molar-refractivity contribution is 5.80. The summed E-state index contributed by atoms with van der Waals surface area (Å²) in [6.45, 7) is 6.38. The minimum absolute atomic E-state index is 0.0331. The van der Waals surface area contributed by atoms with Gasteiger partial charge < -0.3 is 20.1 Å². The van der Waals surface area contributed by atoms with Crippen molar-refractivity contribution in [1.82, 2.24) is 10.6 Å². The number of methoxy groups -OCH3 is 1. The Hall–Kier alpha value is -1.66. The van der Waals surface area contributed by atoms with Crippen LogP contribution in [0.1, 0.15) is 30.5 Å². The molecule has 1 rings (SSSR count). The number of aliphatic imine (C=N–C) groups is 1. The molecule has 1 atom stereocenters. The largest absolute Gasteiger partial charge is 0.382 e. The number of nitrogens with zero attached hydrogens (tertiary/aromatic N) is 1. The molecule has 1 aromatic carbocycles. The van der Waals surface area contributed by atoms with Crippen molar-refractivity contribution in [2.24, 2.45) is 4.99 Å². The molecule has 0 fully saturated rings. The van der Waals surface area contributed by atoms with E-state index in [1.165, 1.54) is 0 Å². The highest BCUT2D eigenvalue weighted by atomic mass is 19.1. The lowest BCUT2D eigenvalue weighted by Gasteiger charge is -2.18. The average molecular weight is 325 g/mol. The van der Waals surface area contributed by atoms with E-state index in [0.29, 0.717) is 31.3 Å². The van der Waals surface area contributed by atoms with Gasteiger partial charge in [0.1, 0.15) is 5.82 Å². The summed E-state index contributed by atoms with van der Waals surface area (Å²) >= 11 is 0. The van der Waals surface area contributed by atoms with Gasteiger partial charge in [0.2, 0.25) is 0 Å². The second-order valence-corrected chi connectivity index (χ2v) is 5.33. The van der Waals surface area contributed by atoms with Crippen LogP contribution in [0, 0.1) is 12.7 Å². The van der Waals surface area contributed by atoms with Crippen LogP contribution in [0.3, 0.4) is 0 Å². The topological polar surface area (TPSA) is 54.9 Å². The third-order valence-electron chi connectivity index (χ3n) is 3.46. The normalized spacial score (nSPS) is 13.0. The molecular weight excluding hydrogens is 297 g/mol. The van der Waals surface area contributed by atoms with Crippen LogP contribution >= 0.6 is 0 Å². The summed E-state index contributed by atoms with van der Waals surface area (Å²) in [5, 5.41) is 6.47. The maximum Gasteiger partial charge on any atom is 0.191 e. The minimum Gasteiger partial charge on any atom is -0.382 e. The highest BCUT2D eigenvalue weighted by Crippen LogP contribution is 2.16. The number of hydrogen-bond donors (Lipinski definition) is 2. The van der Waals surface area contributed by atoms with E-state index in [1.54, 1.807) is 33.2 Å². The Labute approximate surface area is 138 Å². The molecule has 1 unspecified atom stereocenters. The lowest BCUT2D eigenvalue weighted by Crippen LogP contribution is -2.39. The van der Waals surface area contributed by atoms with E-state index >= 15 is 0 Å². The van der Waals surface area contributed by atoms with Crippen LogP contribution < -0.4 is 10.6 Å². The molecule has 2 N–H and O–H groups in total. The fourth-order valence-corrected chi connectivity index (χ4v) is 1.99. The number of benzene rings is 1. The molecule has 0 aliphatic rings. The summed E-state index contributed by atoms with van der Waals surface area (Å²) in [7, 11) is 3.37. The van der Waals surface area contributed by atoms with Crippen LogP contribution in [0.15, 0.2) is 23.2 Å². The Kier molecular flexibility index (Phi) is 9.24. The fourth-order valence-electron chi connectivity index (χ4n) is 1.99. The number of ether oxygens (including phenoxy) is 2. The van der Waals surface area contributed by atoms with Crippen molar-refractivity contribution < 1.29 is 13.9 Å². The van der Waals surface area contributed by atoms with E-state index in [1.807, 2.05) is 13.0 Å². The van der Waals surface area contributed by atoms with E-state index < -0.39 is 0 Å². The maximum absolute atomic E-state index is 13.6. The van der Waals surface area contributed by atoms with Crippen molar-refractivity contribution in [1.29, 1.82) is 0 Å². The standard InChI is InChI=1S/C17H28FN3O2/c1-13-6-7-15(12-16(13)18)14(2)21-17(19-3)20-8-5-9-23-11-10-22-4/h6-7,12,14H,5,8-11H2,1-4H3,(H2,19,20,21). The lowest BCUT2D eigenvalue weighted by atomic mass is 10.1. The Balaban J connectivity index is 2.33. The molecule has 5 nitrogen and oxygen atoms in total. The van der Waals surface area contributed by atoms with Crippen LogP contribution in [-0.2, 0) is 9.47 Å². The minimum atomic E-state index is -0.188. The third-order valence-corrected chi connectivity index (χ3v) is 3.46. The number of halogens is 1. The first-order valence-corrected chi connectivity index (χ1v) is 7.88. The number of aryl methyl sites for hydroxylation is 1. The van der Waals surface area contributed by atoms with Crippen molar-refractivity contribution in [3.8, 4) is 0 Å². The van der Waals surface area contributed by atoms with Gasteiger partial charge in [-0.25, -0.2) is 4.39 Å². The van der Waals surface area contributed by atoms with Gasteiger partial charge in [0, 0.05) is 27.3 Å². The van der Waals surface area contributed by atoms with Gasteiger partial charge in [0.05, 0.1) is 19.3 Å². The Morgan fingerprint density at radius 2 is 2.09 bits per heavy atom. The lowest BCUT2D eigenvalue weighted by molar-refractivity contribution is 0.0698. The molecule has 0 saturated carbocycles. The van der Waals surface area contributed by atoms with Crippen molar-refractivity contribution >= 4 is 5.96 Å². The maximum atomic E-state index is 13.6. The van der Waals surface area contributed by atoms with Crippen LogP contribution in [0.2, 0.25) is 0 Å². The molecular formula is C17H28FN3O2. The molecule has 0 saturated heterocycles. The third kappa shape index (κ3) is 7.43. The summed E-state index contributed by atoms with van der Waals surface area (Å²) in [6.07, 6.45) is 0.873. The Morgan fingerprint density at radius 1 is 1.30 bits per heavy atom. The number of rotatable bonds is 9. The van der Waals surface area contributed by atoms with Gasteiger partial charge in [-0.15, -0.1) is 0 Å². The summed E-state index contributed by atoms with van der Waals surface area (Å²) in [6, 6.07) is 5.24. The Morgan fingerprint density at radius 3 is 2.74 bits per heavy atom. The van der Waals surface area contributed by atoms with Crippen LogP contribution in [0.25, 0.3) is 0 Å². The number of nitrogens with one attached hydrogen (secondary N) is 2. The molecule has 130 valence electrons. The molecule has 0 aliphatic carbocycles. The number of hydrogen-bond acceptors (Lipinski definition) is 3. The van der Waals surface area contributed by atoms with E-state index in [0.717, 1.165) is 18.5 Å². The molecule has 0 aliphatic heterocycles. The molecule has 0 spiro atoms. The average Bonchev–Trinajstić information content (AvgIpc) is 2.55. The zero-order chi connectivity index (χ0) is 17.1. The summed E-state index contributed by atoms with van der Waals surface area (Å²) in [5.41, 5.74) is 1.54. The van der Waals surface area contributed by atoms with Gasteiger partial charge in [-0.3, -0.25) is 4.99 Å². The zero-order valence-corrected chi connectivity index (χ0v) is 14.5. The van der Waals surface area contributed by atoms with Crippen molar-refractivity contribution in [3.05, 3.63) is 35.1 Å². The van der Waals surface area contributed by atoms with E-state index in [9.17, 15) is 4.39 Å². The molecule has 0 heterocycles. The zero-order valence-electron chi connectivity index (χ0n) is 14.5. The van der Waals surface area contributed by atoms with Crippen molar-refractivity contribution in [2.45, 2.75) is 26.3 Å². The smallest absolute Gasteiger partial charge is 0.191 e. The van der Waals surface area contributed by atoms with Gasteiger partial charge in [-0.1, -0.05) is 12.1 Å². The predicted molar refractivity (Wildman–Crippen MR) is 91.4 cm³/mol. The van der Waals surface area contributed by atoms with E-state index in [-0.39, 0.29) is 11.9 Å². The second-order valence-electron chi connectivity index (χ2n) is 5.33. The number of guanidine groups is 1. The summed E-state index contributed by atoms with van der Waals surface area (Å²) in [4.78, 5) is 4.18. The summed E-state index contributed by atoms with van der Waals surface area (Å²) in [5.74, 6) is 0.502. The van der Waals surface area contributed by atoms with Crippen LogP contribution in [0.5, 0.6) is 0 Å². The molecule has 0 bridgehead atoms. The molecule has 0 aromatic heterocycles. The fraction of sp³-hybridized carbons (Fsp3) is 0.588. The molecule has 1 aromatic rings. The van der Waals surface area contributed by atoms with Gasteiger partial charge >= 0.3 is 0 Å². The van der Waals surface area contributed by atoms with Crippen LogP contribution in [-0.4, -0.2) is 46.5 Å². The van der Waals surface area contributed by atoms with Gasteiger partial charge in [-0.2, -0.15) is 0 Å². The first-order valence-electron chi connectivity index (χ1n) is 7.88. The Bertz CT molecular complexity index is 495. The molecule has 0 amide bonds. The molecule has 0 radical (unpaired) electrons. The highest BCUT2D eigenvalue weighted by Gasteiger charge is 2.09. The second kappa shape index (κ2) is 11.0. The molecule has 6 heteroatoms. The van der Waals surface area contributed by atoms with E-state index in [2.05, 4.69) is 15.6 Å². The SMILES string of the molecule is CN=C(NCCCOCCOC)NC(C)c1ccc(C)c(F)c1.